The first kappa shape index (κ1) is 12.4. The molecule has 2 rings (SSSR count). The molecule has 0 spiro atoms. The highest BCUT2D eigenvalue weighted by Gasteiger charge is 2.21. The predicted molar refractivity (Wildman–Crippen MR) is 71.5 cm³/mol. The van der Waals surface area contributed by atoms with Crippen LogP contribution in [0, 0.1) is 6.92 Å². The van der Waals surface area contributed by atoms with E-state index in [1.54, 1.807) is 0 Å². The second-order valence-corrected chi connectivity index (χ2v) is 5.26. The number of ether oxygens (including phenoxy) is 1. The van der Waals surface area contributed by atoms with Crippen LogP contribution < -0.4 is 4.74 Å². The molecule has 0 saturated carbocycles. The van der Waals surface area contributed by atoms with E-state index in [0.29, 0.717) is 12.1 Å². The van der Waals surface area contributed by atoms with Crippen molar-refractivity contribution >= 4 is 0 Å². The SMILES string of the molecule is Cc1cccc(OC2CCN(C(C)C)CC2)c1. The van der Waals surface area contributed by atoms with Crippen molar-refractivity contribution in [2.75, 3.05) is 13.1 Å². The van der Waals surface area contributed by atoms with Crippen LogP contribution in [0.5, 0.6) is 5.75 Å². The minimum atomic E-state index is 0.395. The van der Waals surface area contributed by atoms with Crippen molar-refractivity contribution in [1.29, 1.82) is 0 Å². The Balaban J connectivity index is 1.86. The predicted octanol–water partition coefficient (Wildman–Crippen LogP) is 3.25. The summed E-state index contributed by atoms with van der Waals surface area (Å²) in [7, 11) is 0. The van der Waals surface area contributed by atoms with Crippen LogP contribution in [-0.2, 0) is 0 Å². The van der Waals surface area contributed by atoms with E-state index < -0.39 is 0 Å². The van der Waals surface area contributed by atoms with Gasteiger partial charge in [0.1, 0.15) is 11.9 Å². The maximum absolute atomic E-state index is 6.04. The molecule has 1 saturated heterocycles. The summed E-state index contributed by atoms with van der Waals surface area (Å²) in [5.41, 5.74) is 1.27. The van der Waals surface area contributed by atoms with Gasteiger partial charge in [0.15, 0.2) is 0 Å². The molecule has 1 aliphatic heterocycles. The topological polar surface area (TPSA) is 12.5 Å². The van der Waals surface area contributed by atoms with E-state index in [4.69, 9.17) is 4.74 Å². The third kappa shape index (κ3) is 3.47. The van der Waals surface area contributed by atoms with Crippen molar-refractivity contribution in [3.8, 4) is 5.75 Å². The molecule has 1 heterocycles. The Morgan fingerprint density at radius 2 is 1.94 bits per heavy atom. The average molecular weight is 233 g/mol. The Bertz CT molecular complexity index is 354. The van der Waals surface area contributed by atoms with Crippen LogP contribution in [0.1, 0.15) is 32.3 Å². The lowest BCUT2D eigenvalue weighted by molar-refractivity contribution is 0.0843. The Morgan fingerprint density at radius 3 is 2.53 bits per heavy atom. The number of nitrogens with zero attached hydrogens (tertiary/aromatic N) is 1. The largest absolute Gasteiger partial charge is 0.490 e. The molecule has 0 atom stereocenters. The van der Waals surface area contributed by atoms with Crippen molar-refractivity contribution in [1.82, 2.24) is 4.90 Å². The minimum Gasteiger partial charge on any atom is -0.490 e. The van der Waals surface area contributed by atoms with Crippen LogP contribution in [0.4, 0.5) is 0 Å². The second-order valence-electron chi connectivity index (χ2n) is 5.26. The number of hydrogen-bond donors (Lipinski definition) is 0. The quantitative estimate of drug-likeness (QED) is 0.794. The first-order valence-corrected chi connectivity index (χ1v) is 6.62. The lowest BCUT2D eigenvalue weighted by Gasteiger charge is -2.34. The number of piperidine rings is 1. The standard InChI is InChI=1S/C15H23NO/c1-12(2)16-9-7-14(8-10-16)17-15-6-4-5-13(3)11-15/h4-6,11-12,14H,7-10H2,1-3H3. The van der Waals surface area contributed by atoms with Crippen molar-refractivity contribution in [2.24, 2.45) is 0 Å². The fourth-order valence-corrected chi connectivity index (χ4v) is 2.39. The number of benzene rings is 1. The molecular weight excluding hydrogens is 210 g/mol. The zero-order valence-electron chi connectivity index (χ0n) is 11.1. The molecule has 1 aromatic carbocycles. The molecule has 1 fully saturated rings. The monoisotopic (exact) mass is 233 g/mol. The molecule has 94 valence electrons. The molecule has 0 N–H and O–H groups in total. The summed E-state index contributed by atoms with van der Waals surface area (Å²) < 4.78 is 6.04. The van der Waals surface area contributed by atoms with Crippen molar-refractivity contribution in [3.63, 3.8) is 0 Å². The summed E-state index contributed by atoms with van der Waals surface area (Å²) in [4.78, 5) is 2.52. The molecule has 0 amide bonds. The Kier molecular flexibility index (Phi) is 4.06. The molecule has 2 nitrogen and oxygen atoms in total. The van der Waals surface area contributed by atoms with Gasteiger partial charge in [0.25, 0.3) is 0 Å². The average Bonchev–Trinajstić information content (AvgIpc) is 2.29. The van der Waals surface area contributed by atoms with Gasteiger partial charge in [0.2, 0.25) is 0 Å². The van der Waals surface area contributed by atoms with Gasteiger partial charge in [-0.25, -0.2) is 0 Å². The molecule has 1 aliphatic rings. The summed E-state index contributed by atoms with van der Waals surface area (Å²) in [6.45, 7) is 8.96. The molecule has 0 radical (unpaired) electrons. The van der Waals surface area contributed by atoms with Crippen molar-refractivity contribution < 1.29 is 4.74 Å². The van der Waals surface area contributed by atoms with Gasteiger partial charge in [-0.05, 0) is 51.3 Å². The van der Waals surface area contributed by atoms with Gasteiger partial charge in [-0.15, -0.1) is 0 Å². The molecule has 17 heavy (non-hydrogen) atoms. The summed E-state index contributed by atoms with van der Waals surface area (Å²) in [5, 5.41) is 0. The summed E-state index contributed by atoms with van der Waals surface area (Å²) in [5.74, 6) is 1.02. The van der Waals surface area contributed by atoms with Gasteiger partial charge >= 0.3 is 0 Å². The van der Waals surface area contributed by atoms with Crippen LogP contribution in [0.3, 0.4) is 0 Å². The minimum absolute atomic E-state index is 0.395. The van der Waals surface area contributed by atoms with Gasteiger partial charge < -0.3 is 9.64 Å². The fourth-order valence-electron chi connectivity index (χ4n) is 2.39. The molecule has 0 unspecified atom stereocenters. The Morgan fingerprint density at radius 1 is 1.24 bits per heavy atom. The first-order valence-electron chi connectivity index (χ1n) is 6.62. The molecule has 0 aromatic heterocycles. The smallest absolute Gasteiger partial charge is 0.119 e. The van der Waals surface area contributed by atoms with Crippen LogP contribution in [0.15, 0.2) is 24.3 Å². The van der Waals surface area contributed by atoms with Crippen LogP contribution in [-0.4, -0.2) is 30.1 Å². The summed E-state index contributed by atoms with van der Waals surface area (Å²) in [6, 6.07) is 9.01. The molecule has 0 bridgehead atoms. The molecule has 1 aromatic rings. The summed E-state index contributed by atoms with van der Waals surface area (Å²) in [6.07, 6.45) is 2.69. The van der Waals surface area contributed by atoms with E-state index in [9.17, 15) is 0 Å². The van der Waals surface area contributed by atoms with Gasteiger partial charge in [-0.1, -0.05) is 12.1 Å². The van der Waals surface area contributed by atoms with Crippen molar-refractivity contribution in [3.05, 3.63) is 29.8 Å². The van der Waals surface area contributed by atoms with E-state index in [0.717, 1.165) is 31.7 Å². The maximum atomic E-state index is 6.04. The fraction of sp³-hybridized carbons (Fsp3) is 0.600. The Hall–Kier alpha value is -1.02. The third-order valence-corrected chi connectivity index (χ3v) is 3.50. The zero-order chi connectivity index (χ0) is 12.3. The highest BCUT2D eigenvalue weighted by molar-refractivity contribution is 5.27. The van der Waals surface area contributed by atoms with Crippen LogP contribution in [0.25, 0.3) is 0 Å². The van der Waals surface area contributed by atoms with E-state index in [-0.39, 0.29) is 0 Å². The van der Waals surface area contributed by atoms with Gasteiger partial charge in [0.05, 0.1) is 0 Å². The number of aryl methyl sites for hydroxylation is 1. The van der Waals surface area contributed by atoms with E-state index in [2.05, 4.69) is 49.9 Å². The van der Waals surface area contributed by atoms with Crippen molar-refractivity contribution in [2.45, 2.75) is 45.8 Å². The second kappa shape index (κ2) is 5.54. The zero-order valence-corrected chi connectivity index (χ0v) is 11.1. The molecule has 0 aliphatic carbocycles. The van der Waals surface area contributed by atoms with E-state index >= 15 is 0 Å². The van der Waals surface area contributed by atoms with Gasteiger partial charge in [-0.3, -0.25) is 0 Å². The number of hydrogen-bond acceptors (Lipinski definition) is 2. The van der Waals surface area contributed by atoms with E-state index in [1.807, 2.05) is 0 Å². The number of rotatable bonds is 3. The Labute approximate surface area is 105 Å². The molecule has 2 heteroatoms. The lowest BCUT2D eigenvalue weighted by atomic mass is 10.1. The lowest BCUT2D eigenvalue weighted by Crippen LogP contribution is -2.41. The van der Waals surface area contributed by atoms with Gasteiger partial charge in [0, 0.05) is 19.1 Å². The van der Waals surface area contributed by atoms with Crippen LogP contribution in [0.2, 0.25) is 0 Å². The first-order chi connectivity index (χ1) is 8.15. The highest BCUT2D eigenvalue weighted by Crippen LogP contribution is 2.20. The summed E-state index contributed by atoms with van der Waals surface area (Å²) >= 11 is 0. The third-order valence-electron chi connectivity index (χ3n) is 3.50. The van der Waals surface area contributed by atoms with E-state index in [1.165, 1.54) is 5.56 Å². The molecular formula is C15H23NO. The highest BCUT2D eigenvalue weighted by atomic mass is 16.5. The normalized spacial score (nSPS) is 18.6. The van der Waals surface area contributed by atoms with Gasteiger partial charge in [-0.2, -0.15) is 0 Å². The number of likely N-dealkylation sites (tertiary alicyclic amines) is 1. The maximum Gasteiger partial charge on any atom is 0.119 e. The van der Waals surface area contributed by atoms with Crippen LogP contribution >= 0.6 is 0 Å².